The summed E-state index contributed by atoms with van der Waals surface area (Å²) >= 11 is 0. The first-order valence-corrected chi connectivity index (χ1v) is 10.4. The Balaban J connectivity index is 1.82. The molecule has 2 aromatic heterocycles. The number of carbonyl (C=O) groups excluding carboxylic acids is 2. The SMILES string of the molecule is COc1ccc(C(=O)c2c(N)c(C(=O)Nc3cccc(C)c3C)c3ccccn23)cc1OC. The highest BCUT2D eigenvalue weighted by Crippen LogP contribution is 2.32. The van der Waals surface area contributed by atoms with E-state index in [1.165, 1.54) is 14.2 Å². The van der Waals surface area contributed by atoms with E-state index < -0.39 is 0 Å². The molecule has 0 aliphatic rings. The van der Waals surface area contributed by atoms with Crippen LogP contribution in [0.4, 0.5) is 11.4 Å². The van der Waals surface area contributed by atoms with Crippen LogP contribution in [0.15, 0.2) is 60.8 Å². The average Bonchev–Trinajstić information content (AvgIpc) is 3.12. The summed E-state index contributed by atoms with van der Waals surface area (Å²) in [7, 11) is 3.03. The van der Waals surface area contributed by atoms with Gasteiger partial charge in [0.05, 0.1) is 31.0 Å². The number of nitrogen functional groups attached to an aromatic ring is 1. The van der Waals surface area contributed by atoms with Gasteiger partial charge in [-0.05, 0) is 61.4 Å². The van der Waals surface area contributed by atoms with Crippen molar-refractivity contribution in [2.45, 2.75) is 13.8 Å². The van der Waals surface area contributed by atoms with Gasteiger partial charge in [-0.15, -0.1) is 0 Å². The molecule has 7 nitrogen and oxygen atoms in total. The van der Waals surface area contributed by atoms with Crippen molar-refractivity contribution in [2.75, 3.05) is 25.3 Å². The number of carbonyl (C=O) groups is 2. The molecule has 0 atom stereocenters. The fraction of sp³-hybridized carbons (Fsp3) is 0.154. The van der Waals surface area contributed by atoms with E-state index in [1.54, 1.807) is 47.0 Å². The lowest BCUT2D eigenvalue weighted by Gasteiger charge is -2.10. The molecule has 7 heteroatoms. The third-order valence-electron chi connectivity index (χ3n) is 5.82. The highest BCUT2D eigenvalue weighted by molar-refractivity contribution is 6.20. The molecule has 2 aromatic carbocycles. The third kappa shape index (κ3) is 3.78. The van der Waals surface area contributed by atoms with Crippen molar-refractivity contribution in [3.05, 3.63) is 88.7 Å². The molecule has 0 bridgehead atoms. The van der Waals surface area contributed by atoms with Gasteiger partial charge < -0.3 is 24.9 Å². The number of fused-ring (bicyclic) bond motifs is 1. The van der Waals surface area contributed by atoms with E-state index >= 15 is 0 Å². The number of ketones is 1. The summed E-state index contributed by atoms with van der Waals surface area (Å²) in [5.41, 5.74) is 10.7. The molecule has 0 saturated heterocycles. The fourth-order valence-corrected chi connectivity index (χ4v) is 3.88. The Hall–Kier alpha value is -4.26. The fourth-order valence-electron chi connectivity index (χ4n) is 3.88. The van der Waals surface area contributed by atoms with Crippen molar-refractivity contribution < 1.29 is 19.1 Å². The summed E-state index contributed by atoms with van der Waals surface area (Å²) in [5.74, 6) is 0.225. The van der Waals surface area contributed by atoms with E-state index in [0.717, 1.165) is 11.1 Å². The third-order valence-corrected chi connectivity index (χ3v) is 5.82. The number of nitrogens with one attached hydrogen (secondary N) is 1. The second-order valence-corrected chi connectivity index (χ2v) is 7.69. The number of ether oxygens (including phenoxy) is 2. The van der Waals surface area contributed by atoms with Crippen LogP contribution in [-0.4, -0.2) is 30.3 Å². The van der Waals surface area contributed by atoms with Crippen LogP contribution in [0, 0.1) is 13.8 Å². The predicted molar refractivity (Wildman–Crippen MR) is 129 cm³/mol. The highest BCUT2D eigenvalue weighted by Gasteiger charge is 2.27. The lowest BCUT2D eigenvalue weighted by atomic mass is 10.0. The number of nitrogens with zero attached hydrogens (tertiary/aromatic N) is 1. The molecule has 0 fully saturated rings. The number of hydrogen-bond acceptors (Lipinski definition) is 5. The molecule has 0 saturated carbocycles. The van der Waals surface area contributed by atoms with Gasteiger partial charge >= 0.3 is 0 Å². The van der Waals surface area contributed by atoms with E-state index in [-0.39, 0.29) is 28.6 Å². The molecule has 0 aliphatic heterocycles. The van der Waals surface area contributed by atoms with E-state index in [1.807, 2.05) is 32.0 Å². The summed E-state index contributed by atoms with van der Waals surface area (Å²) in [6.45, 7) is 3.92. The molecule has 0 radical (unpaired) electrons. The van der Waals surface area contributed by atoms with E-state index in [2.05, 4.69) is 5.32 Å². The van der Waals surface area contributed by atoms with Gasteiger partial charge in [0.2, 0.25) is 5.78 Å². The van der Waals surface area contributed by atoms with Crippen LogP contribution in [0.25, 0.3) is 5.52 Å². The molecule has 4 rings (SSSR count). The van der Waals surface area contributed by atoms with Crippen molar-refractivity contribution in [3.63, 3.8) is 0 Å². The first-order valence-electron chi connectivity index (χ1n) is 10.4. The average molecular weight is 444 g/mol. The monoisotopic (exact) mass is 443 g/mol. The summed E-state index contributed by atoms with van der Waals surface area (Å²) in [6, 6.07) is 15.9. The van der Waals surface area contributed by atoms with Crippen molar-refractivity contribution >= 4 is 28.6 Å². The van der Waals surface area contributed by atoms with Gasteiger partial charge in [-0.25, -0.2) is 0 Å². The molecule has 0 spiro atoms. The summed E-state index contributed by atoms with van der Waals surface area (Å²) in [4.78, 5) is 26.8. The molecule has 4 aromatic rings. The maximum absolute atomic E-state index is 13.5. The van der Waals surface area contributed by atoms with E-state index in [9.17, 15) is 9.59 Å². The van der Waals surface area contributed by atoms with Crippen LogP contribution in [0.1, 0.15) is 37.5 Å². The number of rotatable bonds is 6. The molecule has 33 heavy (non-hydrogen) atoms. The standard InChI is InChI=1S/C26H25N3O4/c1-15-8-7-9-18(16(15)2)28-26(31)22-19-10-5-6-13-29(19)24(23(22)27)25(30)17-11-12-20(32-3)21(14-17)33-4/h5-14H,27H2,1-4H3,(H,28,31). The lowest BCUT2D eigenvalue weighted by Crippen LogP contribution is -2.15. The molecule has 1 amide bonds. The van der Waals surface area contributed by atoms with Crippen LogP contribution < -0.4 is 20.5 Å². The Labute approximate surface area is 191 Å². The number of nitrogens with two attached hydrogens (primary N) is 1. The largest absolute Gasteiger partial charge is 0.493 e. The lowest BCUT2D eigenvalue weighted by molar-refractivity contribution is 0.102. The van der Waals surface area contributed by atoms with Gasteiger partial charge in [0.15, 0.2) is 11.5 Å². The number of hydrogen-bond donors (Lipinski definition) is 2. The maximum Gasteiger partial charge on any atom is 0.259 e. The molecule has 168 valence electrons. The van der Waals surface area contributed by atoms with E-state index in [0.29, 0.717) is 28.3 Å². The number of aromatic nitrogens is 1. The van der Waals surface area contributed by atoms with Crippen molar-refractivity contribution in [2.24, 2.45) is 0 Å². The van der Waals surface area contributed by atoms with Crippen LogP contribution in [0.5, 0.6) is 11.5 Å². The van der Waals surface area contributed by atoms with Gasteiger partial charge in [0.1, 0.15) is 5.69 Å². The summed E-state index contributed by atoms with van der Waals surface area (Å²) < 4.78 is 12.2. The molecule has 2 heterocycles. The van der Waals surface area contributed by atoms with E-state index in [4.69, 9.17) is 15.2 Å². The second-order valence-electron chi connectivity index (χ2n) is 7.69. The van der Waals surface area contributed by atoms with Gasteiger partial charge in [0.25, 0.3) is 5.91 Å². The Morgan fingerprint density at radius 3 is 2.42 bits per heavy atom. The van der Waals surface area contributed by atoms with Crippen molar-refractivity contribution in [1.82, 2.24) is 4.40 Å². The summed E-state index contributed by atoms with van der Waals surface area (Å²) in [5, 5.41) is 2.95. The highest BCUT2D eigenvalue weighted by atomic mass is 16.5. The van der Waals surface area contributed by atoms with Gasteiger partial charge in [-0.1, -0.05) is 18.2 Å². The number of aryl methyl sites for hydroxylation is 1. The predicted octanol–water partition coefficient (Wildman–Crippen LogP) is 4.64. The molecule has 0 unspecified atom stereocenters. The molecule has 0 aliphatic carbocycles. The van der Waals surface area contributed by atoms with Crippen LogP contribution in [-0.2, 0) is 0 Å². The number of amides is 1. The summed E-state index contributed by atoms with van der Waals surface area (Å²) in [6.07, 6.45) is 1.72. The number of pyridine rings is 1. The Kier molecular flexibility index (Phi) is 5.79. The first kappa shape index (κ1) is 22.0. The Bertz CT molecular complexity index is 1390. The molecular weight excluding hydrogens is 418 g/mol. The first-order chi connectivity index (χ1) is 15.9. The van der Waals surface area contributed by atoms with Crippen LogP contribution in [0.3, 0.4) is 0 Å². The molecular formula is C26H25N3O4. The zero-order chi connectivity index (χ0) is 23.7. The van der Waals surface area contributed by atoms with Crippen LogP contribution in [0.2, 0.25) is 0 Å². The minimum absolute atomic E-state index is 0.115. The minimum atomic E-state index is -0.378. The number of anilines is 2. The van der Waals surface area contributed by atoms with Gasteiger partial charge in [-0.2, -0.15) is 0 Å². The van der Waals surface area contributed by atoms with Crippen LogP contribution >= 0.6 is 0 Å². The minimum Gasteiger partial charge on any atom is -0.493 e. The quantitative estimate of drug-likeness (QED) is 0.424. The maximum atomic E-state index is 13.5. The Morgan fingerprint density at radius 1 is 0.939 bits per heavy atom. The normalized spacial score (nSPS) is 10.8. The topological polar surface area (TPSA) is 95.1 Å². The zero-order valence-electron chi connectivity index (χ0n) is 18.9. The Morgan fingerprint density at radius 2 is 1.70 bits per heavy atom. The van der Waals surface area contributed by atoms with Gasteiger partial charge in [0, 0.05) is 17.4 Å². The molecule has 3 N–H and O–H groups in total. The number of methoxy groups -OCH3 is 2. The second kappa shape index (κ2) is 8.70. The van der Waals surface area contributed by atoms with Crippen molar-refractivity contribution in [1.29, 1.82) is 0 Å². The smallest absolute Gasteiger partial charge is 0.259 e. The van der Waals surface area contributed by atoms with Gasteiger partial charge in [-0.3, -0.25) is 9.59 Å². The van der Waals surface area contributed by atoms with Crippen molar-refractivity contribution in [3.8, 4) is 11.5 Å². The number of benzene rings is 2. The zero-order valence-corrected chi connectivity index (χ0v) is 18.9.